The standard InChI is InChI=1S/C12H11N3O2S/c1-8-13-12(15-14-8)18-10(11(16)17)7-9-5-3-2-4-6-9/h2-7H,1H3,(H,16,17)(H,13,14,15)/p-1/b10-7-. The summed E-state index contributed by atoms with van der Waals surface area (Å²) in [4.78, 5) is 15.2. The Labute approximate surface area is 108 Å². The van der Waals surface area contributed by atoms with Crippen LogP contribution in [0.15, 0.2) is 40.4 Å². The fourth-order valence-electron chi connectivity index (χ4n) is 1.30. The number of carbonyl (C=O) groups excluding carboxylic acids is 1. The number of nitrogens with zero attached hydrogens (tertiary/aromatic N) is 2. The second-order valence-corrected chi connectivity index (χ2v) is 4.52. The van der Waals surface area contributed by atoms with E-state index in [1.165, 1.54) is 6.08 Å². The van der Waals surface area contributed by atoms with Crippen LogP contribution in [0.4, 0.5) is 0 Å². The molecule has 2 aromatic rings. The molecule has 1 heterocycles. The van der Waals surface area contributed by atoms with Crippen LogP contribution >= 0.6 is 11.8 Å². The van der Waals surface area contributed by atoms with Crippen LogP contribution in [0.2, 0.25) is 0 Å². The van der Waals surface area contributed by atoms with Gasteiger partial charge in [-0.1, -0.05) is 30.3 Å². The minimum Gasteiger partial charge on any atom is -0.544 e. The molecule has 0 aliphatic rings. The minimum atomic E-state index is -1.24. The molecule has 0 unspecified atom stereocenters. The molecule has 0 amide bonds. The van der Waals surface area contributed by atoms with E-state index in [4.69, 9.17) is 0 Å². The number of thioether (sulfide) groups is 1. The molecule has 2 rings (SSSR count). The van der Waals surface area contributed by atoms with Gasteiger partial charge in [0.25, 0.3) is 0 Å². The maximum Gasteiger partial charge on any atom is 0.213 e. The van der Waals surface area contributed by atoms with Crippen LogP contribution in [0.3, 0.4) is 0 Å². The van der Waals surface area contributed by atoms with Crippen LogP contribution in [-0.2, 0) is 4.79 Å². The fourth-order valence-corrected chi connectivity index (χ4v) is 2.05. The molecule has 0 fully saturated rings. The second-order valence-electron chi connectivity index (χ2n) is 3.51. The van der Waals surface area contributed by atoms with E-state index in [2.05, 4.69) is 15.2 Å². The molecule has 0 radical (unpaired) electrons. The number of carboxylic acids is 1. The summed E-state index contributed by atoms with van der Waals surface area (Å²) in [6, 6.07) is 9.15. The maximum absolute atomic E-state index is 11.0. The highest BCUT2D eigenvalue weighted by Crippen LogP contribution is 2.24. The number of aliphatic carboxylic acids is 1. The summed E-state index contributed by atoms with van der Waals surface area (Å²) < 4.78 is 0. The Morgan fingerprint density at radius 1 is 1.39 bits per heavy atom. The Hall–Kier alpha value is -2.08. The van der Waals surface area contributed by atoms with E-state index in [0.29, 0.717) is 11.0 Å². The van der Waals surface area contributed by atoms with Gasteiger partial charge < -0.3 is 9.90 Å². The highest BCUT2D eigenvalue weighted by atomic mass is 32.2. The molecular weight excluding hydrogens is 250 g/mol. The molecule has 1 aromatic heterocycles. The molecule has 6 heteroatoms. The van der Waals surface area contributed by atoms with Crippen molar-refractivity contribution >= 4 is 23.8 Å². The van der Waals surface area contributed by atoms with E-state index in [9.17, 15) is 9.90 Å². The second kappa shape index (κ2) is 5.50. The molecule has 0 bridgehead atoms. The zero-order chi connectivity index (χ0) is 13.0. The van der Waals surface area contributed by atoms with Crippen LogP contribution in [0, 0.1) is 6.92 Å². The molecule has 0 saturated heterocycles. The summed E-state index contributed by atoms with van der Waals surface area (Å²) in [6.07, 6.45) is 1.53. The number of benzene rings is 1. The normalized spacial score (nSPS) is 11.5. The fraction of sp³-hybridized carbons (Fsp3) is 0.0833. The van der Waals surface area contributed by atoms with Crippen LogP contribution in [0.25, 0.3) is 6.08 Å². The SMILES string of the molecule is Cc1nc(S/C(=C\c2ccccc2)C(=O)[O-])n[nH]1. The largest absolute Gasteiger partial charge is 0.544 e. The number of aryl methyl sites for hydroxylation is 1. The summed E-state index contributed by atoms with van der Waals surface area (Å²) in [5.41, 5.74) is 0.788. The third-order valence-electron chi connectivity index (χ3n) is 2.08. The van der Waals surface area contributed by atoms with Crippen molar-refractivity contribution in [3.63, 3.8) is 0 Å². The average Bonchev–Trinajstić information content (AvgIpc) is 2.75. The van der Waals surface area contributed by atoms with Crippen LogP contribution < -0.4 is 5.11 Å². The van der Waals surface area contributed by atoms with Crippen LogP contribution in [0.1, 0.15) is 11.4 Å². The van der Waals surface area contributed by atoms with E-state index in [0.717, 1.165) is 17.3 Å². The lowest BCUT2D eigenvalue weighted by molar-refractivity contribution is -0.297. The summed E-state index contributed by atoms with van der Waals surface area (Å²) >= 11 is 0.958. The Morgan fingerprint density at radius 3 is 2.67 bits per heavy atom. The molecule has 0 aliphatic carbocycles. The van der Waals surface area contributed by atoms with E-state index in [-0.39, 0.29) is 4.91 Å². The Morgan fingerprint density at radius 2 is 2.11 bits per heavy atom. The van der Waals surface area contributed by atoms with Gasteiger partial charge in [0.2, 0.25) is 5.16 Å². The van der Waals surface area contributed by atoms with Crippen molar-refractivity contribution in [2.45, 2.75) is 12.1 Å². The Bertz CT molecular complexity index is 578. The molecule has 0 spiro atoms. The predicted molar refractivity (Wildman–Crippen MR) is 66.4 cm³/mol. The van der Waals surface area contributed by atoms with Crippen molar-refractivity contribution < 1.29 is 9.90 Å². The third-order valence-corrected chi connectivity index (χ3v) is 2.95. The average molecular weight is 260 g/mol. The van der Waals surface area contributed by atoms with E-state index >= 15 is 0 Å². The molecule has 5 nitrogen and oxygen atoms in total. The lowest BCUT2D eigenvalue weighted by Gasteiger charge is -2.05. The number of aromatic nitrogens is 3. The zero-order valence-corrected chi connectivity index (χ0v) is 10.4. The van der Waals surface area contributed by atoms with Gasteiger partial charge in [0.15, 0.2) is 0 Å². The number of carbonyl (C=O) groups is 1. The van der Waals surface area contributed by atoms with Gasteiger partial charge in [-0.2, -0.15) is 0 Å². The predicted octanol–water partition coefficient (Wildman–Crippen LogP) is 0.996. The number of carboxylic acid groups (broad SMARTS) is 1. The first kappa shape index (κ1) is 12.4. The van der Waals surface area contributed by atoms with Crippen LogP contribution in [-0.4, -0.2) is 21.2 Å². The quantitative estimate of drug-likeness (QED) is 0.655. The summed E-state index contributed by atoms with van der Waals surface area (Å²) in [6.45, 7) is 1.75. The first-order valence-electron chi connectivity index (χ1n) is 5.20. The monoisotopic (exact) mass is 260 g/mol. The molecule has 0 saturated carbocycles. The van der Waals surface area contributed by atoms with Crippen molar-refractivity contribution in [2.75, 3.05) is 0 Å². The summed E-state index contributed by atoms with van der Waals surface area (Å²) in [7, 11) is 0. The maximum atomic E-state index is 11.0. The van der Waals surface area contributed by atoms with Gasteiger partial charge in [0, 0.05) is 4.91 Å². The van der Waals surface area contributed by atoms with Gasteiger partial charge in [-0.05, 0) is 30.3 Å². The van der Waals surface area contributed by atoms with Crippen molar-refractivity contribution in [1.29, 1.82) is 0 Å². The molecule has 1 aromatic carbocycles. The molecule has 18 heavy (non-hydrogen) atoms. The van der Waals surface area contributed by atoms with E-state index in [1.54, 1.807) is 6.92 Å². The molecular formula is C12H10N3O2S-. The number of hydrogen-bond acceptors (Lipinski definition) is 5. The molecule has 0 aliphatic heterocycles. The number of hydrogen-bond donors (Lipinski definition) is 1. The minimum absolute atomic E-state index is 0.0696. The van der Waals surface area contributed by atoms with Crippen molar-refractivity contribution in [3.8, 4) is 0 Å². The molecule has 92 valence electrons. The number of H-pyrrole nitrogens is 1. The Kier molecular flexibility index (Phi) is 3.78. The number of rotatable bonds is 4. The zero-order valence-electron chi connectivity index (χ0n) is 9.58. The molecule has 1 N–H and O–H groups in total. The Balaban J connectivity index is 2.24. The number of aromatic amines is 1. The first-order valence-corrected chi connectivity index (χ1v) is 6.02. The first-order chi connectivity index (χ1) is 8.65. The number of nitrogens with one attached hydrogen (secondary N) is 1. The van der Waals surface area contributed by atoms with Gasteiger partial charge >= 0.3 is 0 Å². The van der Waals surface area contributed by atoms with E-state index in [1.807, 2.05) is 30.3 Å². The van der Waals surface area contributed by atoms with Crippen LogP contribution in [0.5, 0.6) is 0 Å². The van der Waals surface area contributed by atoms with Gasteiger partial charge in [0.1, 0.15) is 5.82 Å². The highest BCUT2D eigenvalue weighted by Gasteiger charge is 2.06. The van der Waals surface area contributed by atoms with Gasteiger partial charge in [-0.15, -0.1) is 5.10 Å². The third kappa shape index (κ3) is 3.21. The summed E-state index contributed by atoms with van der Waals surface area (Å²) in [5, 5.41) is 17.9. The van der Waals surface area contributed by atoms with Crippen molar-refractivity contribution in [3.05, 3.63) is 46.6 Å². The lowest BCUT2D eigenvalue weighted by Crippen LogP contribution is -2.23. The van der Waals surface area contributed by atoms with Gasteiger partial charge in [-0.3, -0.25) is 5.10 Å². The topological polar surface area (TPSA) is 81.7 Å². The van der Waals surface area contributed by atoms with Gasteiger partial charge in [0.05, 0.1) is 5.97 Å². The van der Waals surface area contributed by atoms with Crippen molar-refractivity contribution in [2.24, 2.45) is 0 Å². The smallest absolute Gasteiger partial charge is 0.213 e. The lowest BCUT2D eigenvalue weighted by atomic mass is 10.2. The van der Waals surface area contributed by atoms with Gasteiger partial charge in [-0.25, -0.2) is 4.98 Å². The van der Waals surface area contributed by atoms with E-state index < -0.39 is 5.97 Å². The molecule has 0 atom stereocenters. The van der Waals surface area contributed by atoms with Crippen molar-refractivity contribution in [1.82, 2.24) is 15.2 Å². The highest BCUT2D eigenvalue weighted by molar-refractivity contribution is 8.04. The summed E-state index contributed by atoms with van der Waals surface area (Å²) in [5.74, 6) is -0.610.